The molecule has 0 aliphatic carbocycles. The molecule has 1 saturated heterocycles. The fourth-order valence-corrected chi connectivity index (χ4v) is 4.64. The number of carbonyl (C=O) groups excluding carboxylic acids is 3. The molecule has 1 fully saturated rings. The number of likely N-dealkylation sites (tertiary alicyclic amines) is 1. The van der Waals surface area contributed by atoms with Crippen molar-refractivity contribution in [3.05, 3.63) is 66.0 Å². The summed E-state index contributed by atoms with van der Waals surface area (Å²) < 4.78 is 18.8. The van der Waals surface area contributed by atoms with Gasteiger partial charge in [0.15, 0.2) is 0 Å². The Kier molecular flexibility index (Phi) is 9.80. The number of carbonyl (C=O) groups is 3. The van der Waals surface area contributed by atoms with Crippen molar-refractivity contribution >= 4 is 23.4 Å². The van der Waals surface area contributed by atoms with E-state index in [1.54, 1.807) is 18.7 Å². The van der Waals surface area contributed by atoms with Gasteiger partial charge < -0.3 is 31.4 Å². The zero-order valence-corrected chi connectivity index (χ0v) is 22.8. The molecule has 1 aliphatic rings. The number of hydrogen-bond donors (Lipinski definition) is 4. The van der Waals surface area contributed by atoms with Crippen LogP contribution in [0.1, 0.15) is 38.7 Å². The molecule has 3 amide bonds. The van der Waals surface area contributed by atoms with Crippen LogP contribution in [0, 0.1) is 16.6 Å². The minimum Gasteiger partial charge on any atom is -0.494 e. The van der Waals surface area contributed by atoms with E-state index in [1.807, 2.05) is 30.3 Å². The topological polar surface area (TPSA) is 138 Å². The van der Waals surface area contributed by atoms with E-state index in [4.69, 9.17) is 15.9 Å². The van der Waals surface area contributed by atoms with Crippen LogP contribution in [-0.4, -0.2) is 66.7 Å². The number of piperidine rings is 1. The molecule has 1 aliphatic heterocycles. The summed E-state index contributed by atoms with van der Waals surface area (Å²) >= 11 is 0. The molecule has 210 valence electrons. The highest BCUT2D eigenvalue weighted by Gasteiger charge is 2.48. The van der Waals surface area contributed by atoms with E-state index in [1.165, 1.54) is 31.3 Å². The van der Waals surface area contributed by atoms with Gasteiger partial charge in [0.1, 0.15) is 23.0 Å². The molecule has 9 nitrogen and oxygen atoms in total. The van der Waals surface area contributed by atoms with E-state index in [-0.39, 0.29) is 62.3 Å². The van der Waals surface area contributed by atoms with Gasteiger partial charge in [-0.1, -0.05) is 30.3 Å². The average molecular weight is 540 g/mol. The molecule has 0 saturated carbocycles. The maximum atomic E-state index is 13.8. The summed E-state index contributed by atoms with van der Waals surface area (Å²) in [7, 11) is 1.52. The molecule has 10 heteroatoms. The van der Waals surface area contributed by atoms with Crippen molar-refractivity contribution in [2.45, 2.75) is 51.1 Å². The number of nitrogens with one attached hydrogen (secondary N) is 3. The van der Waals surface area contributed by atoms with Crippen LogP contribution >= 0.6 is 0 Å². The summed E-state index contributed by atoms with van der Waals surface area (Å²) in [5, 5.41) is 14.2. The Morgan fingerprint density at radius 2 is 1.82 bits per heavy atom. The molecule has 3 rings (SSSR count). The first-order valence-corrected chi connectivity index (χ1v) is 13.1. The lowest BCUT2D eigenvalue weighted by Crippen LogP contribution is -2.62. The van der Waals surface area contributed by atoms with Crippen LogP contribution < -0.4 is 21.1 Å². The van der Waals surface area contributed by atoms with Gasteiger partial charge in [-0.05, 0) is 62.9 Å². The predicted molar refractivity (Wildman–Crippen MR) is 147 cm³/mol. The molecule has 2 atom stereocenters. The summed E-state index contributed by atoms with van der Waals surface area (Å²) in [4.78, 5) is 41.3. The van der Waals surface area contributed by atoms with Crippen LogP contribution in [0.15, 0.2) is 54.6 Å². The number of hydrogen-bond acceptors (Lipinski definition) is 6. The smallest absolute Gasteiger partial charge is 0.245 e. The summed E-state index contributed by atoms with van der Waals surface area (Å²) in [6.07, 6.45) is 1.20. The highest BCUT2D eigenvalue weighted by Crippen LogP contribution is 2.32. The number of benzene rings is 2. The third-order valence-electron chi connectivity index (χ3n) is 6.90. The van der Waals surface area contributed by atoms with Crippen LogP contribution in [0.5, 0.6) is 5.75 Å². The minimum atomic E-state index is -1.22. The van der Waals surface area contributed by atoms with Gasteiger partial charge in [-0.25, -0.2) is 4.39 Å². The van der Waals surface area contributed by atoms with Crippen molar-refractivity contribution in [2.75, 3.05) is 26.7 Å². The lowest BCUT2D eigenvalue weighted by atomic mass is 9.72. The minimum absolute atomic E-state index is 0.0176. The van der Waals surface area contributed by atoms with Crippen LogP contribution in [-0.2, 0) is 20.8 Å². The summed E-state index contributed by atoms with van der Waals surface area (Å²) in [5.41, 5.74) is 4.71. The third kappa shape index (κ3) is 7.63. The summed E-state index contributed by atoms with van der Waals surface area (Å²) in [6, 6.07) is 14.1. The Morgan fingerprint density at radius 3 is 2.44 bits per heavy atom. The van der Waals surface area contributed by atoms with Gasteiger partial charge in [-0.15, -0.1) is 0 Å². The maximum Gasteiger partial charge on any atom is 0.245 e. The Hall–Kier alpha value is -3.79. The monoisotopic (exact) mass is 539 g/mol. The van der Waals surface area contributed by atoms with Gasteiger partial charge in [0.05, 0.1) is 12.1 Å². The first-order chi connectivity index (χ1) is 18.5. The van der Waals surface area contributed by atoms with E-state index < -0.39 is 22.9 Å². The highest BCUT2D eigenvalue weighted by atomic mass is 19.1. The average Bonchev–Trinajstić information content (AvgIpc) is 2.91. The van der Waals surface area contributed by atoms with Gasteiger partial charge in [0.25, 0.3) is 0 Å². The van der Waals surface area contributed by atoms with E-state index in [9.17, 15) is 18.8 Å². The van der Waals surface area contributed by atoms with Crippen molar-refractivity contribution in [1.82, 2.24) is 15.5 Å². The zero-order valence-electron chi connectivity index (χ0n) is 22.8. The van der Waals surface area contributed by atoms with Crippen LogP contribution in [0.2, 0.25) is 0 Å². The van der Waals surface area contributed by atoms with Crippen molar-refractivity contribution in [3.8, 4) is 5.75 Å². The maximum absolute atomic E-state index is 13.8. The van der Waals surface area contributed by atoms with E-state index in [2.05, 4.69) is 10.6 Å². The molecule has 0 aromatic heterocycles. The molecule has 0 bridgehead atoms. The van der Waals surface area contributed by atoms with Gasteiger partial charge in [0.2, 0.25) is 17.7 Å². The Balaban J connectivity index is 1.78. The van der Waals surface area contributed by atoms with Crippen molar-refractivity contribution < 1.29 is 23.5 Å². The normalized spacial score (nSPS) is 18.3. The van der Waals surface area contributed by atoms with E-state index in [0.29, 0.717) is 12.2 Å². The molecule has 39 heavy (non-hydrogen) atoms. The second kappa shape index (κ2) is 12.8. The lowest BCUT2D eigenvalue weighted by molar-refractivity contribution is -0.141. The molecule has 0 radical (unpaired) electrons. The van der Waals surface area contributed by atoms with Crippen molar-refractivity contribution in [2.24, 2.45) is 11.1 Å². The lowest BCUT2D eigenvalue weighted by Gasteiger charge is -2.43. The third-order valence-corrected chi connectivity index (χ3v) is 6.90. The quantitative estimate of drug-likeness (QED) is 0.325. The molecule has 0 unspecified atom stereocenters. The number of halogens is 1. The van der Waals surface area contributed by atoms with Crippen molar-refractivity contribution in [1.29, 1.82) is 5.41 Å². The van der Waals surface area contributed by atoms with Crippen LogP contribution in [0.25, 0.3) is 0 Å². The first kappa shape index (κ1) is 29.8. The summed E-state index contributed by atoms with van der Waals surface area (Å²) in [5.74, 6) is -1.02. The number of ether oxygens (including phenoxy) is 1. The number of nitrogens with two attached hydrogens (primary N) is 1. The molecule has 2 aromatic carbocycles. The molecule has 2 aromatic rings. The second-order valence-corrected chi connectivity index (χ2v) is 10.5. The van der Waals surface area contributed by atoms with Gasteiger partial charge in [-0.3, -0.25) is 14.4 Å². The molecular formula is C29H38FN5O4. The zero-order chi connectivity index (χ0) is 28.6. The fourth-order valence-electron chi connectivity index (χ4n) is 4.64. The molecule has 0 spiro atoms. The number of nitrogens with zero attached hydrogens (tertiary/aromatic N) is 1. The SMILES string of the molecule is CNC(=O)[C@]1(Cc2ccccc2)CN(C(=O)[C@@H](CCCOc2ccc(F)cc2)NC(=O)C(C)(C)N)CCC1=N. The van der Waals surface area contributed by atoms with Crippen LogP contribution in [0.3, 0.4) is 0 Å². The Labute approximate surface area is 228 Å². The van der Waals surface area contributed by atoms with E-state index >= 15 is 0 Å². The van der Waals surface area contributed by atoms with Gasteiger partial charge in [-0.2, -0.15) is 0 Å². The van der Waals surface area contributed by atoms with Crippen LogP contribution in [0.4, 0.5) is 4.39 Å². The number of amides is 3. The molecule has 5 N–H and O–H groups in total. The molecular weight excluding hydrogens is 501 g/mol. The fraction of sp³-hybridized carbons (Fsp3) is 0.448. The second-order valence-electron chi connectivity index (χ2n) is 10.5. The van der Waals surface area contributed by atoms with Gasteiger partial charge in [0, 0.05) is 32.3 Å². The standard InChI is InChI=1S/C29H38FN5O4/c1-28(2,32)26(37)34-23(10-7-17-39-22-13-11-21(30)12-14-22)25(36)35-16-15-24(31)29(19-35,27(38)33-3)18-20-8-5-4-6-9-20/h4-6,8-9,11-14,23,31H,7,10,15-19,32H2,1-3H3,(H,33,38)(H,34,37)/t23-,29-/m1/s1. The first-order valence-electron chi connectivity index (χ1n) is 13.1. The highest BCUT2D eigenvalue weighted by molar-refractivity contribution is 6.09. The van der Waals surface area contributed by atoms with Crippen molar-refractivity contribution in [3.63, 3.8) is 0 Å². The Morgan fingerprint density at radius 1 is 1.15 bits per heavy atom. The Bertz CT molecular complexity index is 1160. The number of rotatable bonds is 11. The van der Waals surface area contributed by atoms with Gasteiger partial charge >= 0.3 is 0 Å². The summed E-state index contributed by atoms with van der Waals surface area (Å²) in [6.45, 7) is 3.64. The predicted octanol–water partition coefficient (Wildman–Crippen LogP) is 2.43. The largest absolute Gasteiger partial charge is 0.494 e. The van der Waals surface area contributed by atoms with E-state index in [0.717, 1.165) is 5.56 Å². The molecule has 1 heterocycles.